The van der Waals surface area contributed by atoms with Gasteiger partial charge in [-0.2, -0.15) is 8.62 Å². The zero-order valence-electron chi connectivity index (χ0n) is 15.2. The second-order valence-electron chi connectivity index (χ2n) is 6.29. The fraction of sp³-hybridized carbons (Fsp3) is 0.600. The van der Waals surface area contributed by atoms with Crippen LogP contribution in [-0.2, 0) is 31.6 Å². The highest BCUT2D eigenvalue weighted by atomic mass is 32.1. The van der Waals surface area contributed by atoms with Gasteiger partial charge < -0.3 is 40.3 Å². The van der Waals surface area contributed by atoms with Gasteiger partial charge in [0.05, 0.1) is 0 Å². The van der Waals surface area contributed by atoms with Crippen LogP contribution in [0.1, 0.15) is 13.2 Å². The van der Waals surface area contributed by atoms with Crippen molar-refractivity contribution in [3.63, 3.8) is 0 Å². The van der Waals surface area contributed by atoms with Crippen molar-refractivity contribution >= 4 is 41.5 Å². The molecule has 0 bridgehead atoms. The van der Waals surface area contributed by atoms with Gasteiger partial charge in [-0.25, -0.2) is 23.1 Å². The number of phosphoric ester groups is 1. The van der Waals surface area contributed by atoms with Gasteiger partial charge in [-0.15, -0.1) is 0 Å². The van der Waals surface area contributed by atoms with Crippen LogP contribution in [0.2, 0.25) is 0 Å². The summed E-state index contributed by atoms with van der Waals surface area (Å²) in [4.78, 5) is 39.1. The molecule has 1 aliphatic heterocycles. The largest absolute Gasteiger partial charge is 0.490 e. The Labute approximate surface area is 177 Å². The molecular weight excluding hydrogens is 514 g/mol. The molecule has 8 N–H and O–H groups in total. The number of phosphoric acid groups is 3. The van der Waals surface area contributed by atoms with Crippen LogP contribution >= 0.6 is 35.7 Å². The molecule has 2 rings (SSSR count). The third-order valence-corrected chi connectivity index (χ3v) is 7.80. The lowest BCUT2D eigenvalue weighted by molar-refractivity contribution is -0.204. The molecule has 1 aliphatic rings. The predicted molar refractivity (Wildman–Crippen MR) is 97.9 cm³/mol. The maximum absolute atomic E-state index is 15.2. The first-order chi connectivity index (χ1) is 13.8. The van der Waals surface area contributed by atoms with Gasteiger partial charge in [0, 0.05) is 6.20 Å². The molecule has 0 saturated carbocycles. The first-order valence-electron chi connectivity index (χ1n) is 7.68. The van der Waals surface area contributed by atoms with E-state index < -0.39 is 53.9 Å². The van der Waals surface area contributed by atoms with Gasteiger partial charge in [-0.3, -0.25) is 9.09 Å². The van der Waals surface area contributed by atoms with Crippen LogP contribution in [0.25, 0.3) is 0 Å². The minimum absolute atomic E-state index is 0.0152. The van der Waals surface area contributed by atoms with Crippen molar-refractivity contribution in [2.45, 2.75) is 30.7 Å². The Morgan fingerprint density at radius 1 is 1.29 bits per heavy atom. The van der Waals surface area contributed by atoms with E-state index >= 15 is 4.39 Å². The second kappa shape index (κ2) is 8.59. The lowest BCUT2D eigenvalue weighted by atomic mass is 9.95. The van der Waals surface area contributed by atoms with Crippen LogP contribution in [0.4, 0.5) is 10.2 Å². The highest BCUT2D eigenvalue weighted by molar-refractivity contribution is 7.71. The molecule has 2 heterocycles. The number of nitrogen functional groups attached to an aromatic ring is 1. The van der Waals surface area contributed by atoms with Crippen molar-refractivity contribution in [1.29, 1.82) is 0 Å². The van der Waals surface area contributed by atoms with E-state index in [0.717, 1.165) is 17.7 Å². The quantitative estimate of drug-likeness (QED) is 0.170. The van der Waals surface area contributed by atoms with Crippen LogP contribution in [0.5, 0.6) is 0 Å². The van der Waals surface area contributed by atoms with E-state index in [1.807, 2.05) is 0 Å². The number of nitrogens with zero attached hydrogens (tertiary/aromatic N) is 2. The van der Waals surface area contributed by atoms with Gasteiger partial charge in [0.25, 0.3) is 5.85 Å². The SMILES string of the molecule is CC1(O)[C@@H](O)[C@@](F)(COP(=O)(O)OP(=O)(O)OP(=O)(O)O)O[C@H]1n1ccc(N)nc1=S. The number of hydrogen-bond donors (Lipinski definition) is 7. The Morgan fingerprint density at radius 2 is 1.87 bits per heavy atom. The average molecular weight is 531 g/mol. The number of rotatable bonds is 8. The Bertz CT molecular complexity index is 1050. The van der Waals surface area contributed by atoms with E-state index in [1.54, 1.807) is 0 Å². The highest BCUT2D eigenvalue weighted by Crippen LogP contribution is 2.66. The summed E-state index contributed by atoms with van der Waals surface area (Å²) in [7, 11) is -17.2. The molecule has 1 aromatic rings. The van der Waals surface area contributed by atoms with Crippen LogP contribution < -0.4 is 5.73 Å². The standard InChI is InChI=1S/C10H17FN3O13P3S/c1-9(16)6(15)10(11,25-7(9)14-3-2-5(12)13-8(14)31)4-24-29(20,21)27-30(22,23)26-28(17,18)19/h2-3,6-7,15-16H,4H2,1H3,(H,20,21)(H,22,23)(H2,12,13,31)(H2,17,18,19)/t6-,7-,9?,10-/m1/s1. The van der Waals surface area contributed by atoms with E-state index in [4.69, 9.17) is 37.4 Å². The second-order valence-corrected chi connectivity index (χ2v) is 11.1. The smallest absolute Gasteiger partial charge is 0.384 e. The third kappa shape index (κ3) is 6.43. The summed E-state index contributed by atoms with van der Waals surface area (Å²) < 4.78 is 65.5. The van der Waals surface area contributed by atoms with Gasteiger partial charge in [-0.1, -0.05) is 0 Å². The Balaban J connectivity index is 2.21. The van der Waals surface area contributed by atoms with Crippen LogP contribution in [0.3, 0.4) is 0 Å². The molecule has 16 nitrogen and oxygen atoms in total. The fourth-order valence-electron chi connectivity index (χ4n) is 2.47. The van der Waals surface area contributed by atoms with E-state index in [2.05, 4.69) is 18.1 Å². The number of ether oxygens (including phenoxy) is 1. The van der Waals surface area contributed by atoms with Gasteiger partial charge in [0.15, 0.2) is 6.23 Å². The Hall–Kier alpha value is -0.680. The third-order valence-electron chi connectivity index (χ3n) is 3.71. The molecule has 1 fully saturated rings. The molecule has 178 valence electrons. The number of halogens is 1. The highest BCUT2D eigenvalue weighted by Gasteiger charge is 2.63. The number of aliphatic hydroxyl groups is 2. The summed E-state index contributed by atoms with van der Waals surface area (Å²) >= 11 is 4.92. The van der Waals surface area contributed by atoms with Crippen molar-refractivity contribution in [2.75, 3.05) is 12.3 Å². The van der Waals surface area contributed by atoms with Crippen molar-refractivity contribution in [1.82, 2.24) is 9.55 Å². The predicted octanol–water partition coefficient (Wildman–Crippen LogP) is -0.155. The molecule has 0 amide bonds. The van der Waals surface area contributed by atoms with Gasteiger partial charge in [-0.05, 0) is 25.2 Å². The maximum Gasteiger partial charge on any atom is 0.490 e. The molecule has 0 spiro atoms. The maximum atomic E-state index is 15.2. The summed E-state index contributed by atoms with van der Waals surface area (Å²) in [5, 5.41) is 20.7. The monoisotopic (exact) mass is 531 g/mol. The van der Waals surface area contributed by atoms with Crippen LogP contribution in [0, 0.1) is 4.77 Å². The molecule has 6 atom stereocenters. The minimum Gasteiger partial charge on any atom is -0.384 e. The molecular formula is C10H17FN3O13P3S. The lowest BCUT2D eigenvalue weighted by Gasteiger charge is -2.28. The number of aromatic nitrogens is 2. The van der Waals surface area contributed by atoms with Gasteiger partial charge in [0.2, 0.25) is 4.77 Å². The van der Waals surface area contributed by atoms with E-state index in [-0.39, 0.29) is 10.6 Å². The normalized spacial score (nSPS) is 33.0. The summed E-state index contributed by atoms with van der Waals surface area (Å²) in [6.45, 7) is -0.729. The van der Waals surface area contributed by atoms with Gasteiger partial charge in [0.1, 0.15) is 24.1 Å². The molecule has 3 unspecified atom stereocenters. The zero-order chi connectivity index (χ0) is 24.0. The zero-order valence-corrected chi connectivity index (χ0v) is 18.7. The fourth-order valence-corrected chi connectivity index (χ4v) is 5.77. The molecule has 1 aromatic heterocycles. The molecule has 21 heteroatoms. The first kappa shape index (κ1) is 26.6. The van der Waals surface area contributed by atoms with E-state index in [9.17, 15) is 28.8 Å². The van der Waals surface area contributed by atoms with Gasteiger partial charge >= 0.3 is 23.5 Å². The first-order valence-corrected chi connectivity index (χ1v) is 12.6. The number of aliphatic hydroxyl groups excluding tert-OH is 1. The van der Waals surface area contributed by atoms with Crippen LogP contribution in [0.15, 0.2) is 12.3 Å². The topological polar surface area (TPSA) is 253 Å². The molecule has 31 heavy (non-hydrogen) atoms. The number of nitrogens with two attached hydrogens (primary N) is 1. The number of anilines is 1. The van der Waals surface area contributed by atoms with Crippen molar-refractivity contribution in [2.24, 2.45) is 0 Å². The lowest BCUT2D eigenvalue weighted by Crippen LogP contribution is -2.49. The molecule has 1 saturated heterocycles. The average Bonchev–Trinajstić information content (AvgIpc) is 2.71. The number of hydrogen-bond acceptors (Lipinski definition) is 12. The van der Waals surface area contributed by atoms with Crippen LogP contribution in [-0.4, -0.2) is 63.5 Å². The number of alkyl halides is 1. The Morgan fingerprint density at radius 3 is 2.39 bits per heavy atom. The molecule has 0 radical (unpaired) electrons. The summed E-state index contributed by atoms with van der Waals surface area (Å²) in [6.07, 6.45) is -3.01. The minimum atomic E-state index is -5.85. The summed E-state index contributed by atoms with van der Waals surface area (Å²) in [5.41, 5.74) is 3.03. The van der Waals surface area contributed by atoms with E-state index in [0.29, 0.717) is 0 Å². The van der Waals surface area contributed by atoms with Crippen molar-refractivity contribution < 1.29 is 65.8 Å². The molecule has 0 aromatic carbocycles. The summed E-state index contributed by atoms with van der Waals surface area (Å²) in [6, 6.07) is 1.21. The Kier molecular flexibility index (Phi) is 7.36. The van der Waals surface area contributed by atoms with Crippen molar-refractivity contribution in [3.05, 3.63) is 17.0 Å². The molecule has 0 aliphatic carbocycles. The van der Waals surface area contributed by atoms with Crippen molar-refractivity contribution in [3.8, 4) is 0 Å². The van der Waals surface area contributed by atoms with E-state index in [1.165, 1.54) is 6.07 Å². The summed E-state index contributed by atoms with van der Waals surface area (Å²) in [5.74, 6) is -3.42.